The van der Waals surface area contributed by atoms with Crippen molar-refractivity contribution in [3.63, 3.8) is 0 Å². The van der Waals surface area contributed by atoms with Crippen molar-refractivity contribution in [2.45, 2.75) is 135 Å². The number of carboxylic acid groups (broad SMARTS) is 1. The van der Waals surface area contributed by atoms with Crippen LogP contribution in [0.1, 0.15) is 117 Å². The molecule has 0 radical (unpaired) electrons. The summed E-state index contributed by atoms with van der Waals surface area (Å²) in [5, 5.41) is 32.2. The molecule has 0 unspecified atom stereocenters. The second-order valence-electron chi connectivity index (χ2n) is 25.4. The minimum Gasteiger partial charge on any atom is -0.497 e. The summed E-state index contributed by atoms with van der Waals surface area (Å²) in [5.74, 6) is -3.95. The molecular weight excluding hydrogens is 1230 g/mol. The molecule has 4 aromatic carbocycles. The molecule has 1 saturated carbocycles. The third kappa shape index (κ3) is 24.6. The van der Waals surface area contributed by atoms with Gasteiger partial charge in [-0.3, -0.25) is 47.9 Å². The van der Waals surface area contributed by atoms with Crippen LogP contribution >= 0.6 is 11.8 Å². The number of hydrogen-bond donors (Lipinski definition) is 7. The summed E-state index contributed by atoms with van der Waals surface area (Å²) in [7, 11) is 1.45. The maximum Gasteiger partial charge on any atom is 0.303 e. The molecule has 9 amide bonds. The molecule has 25 heteroatoms. The number of aliphatic carboxylic acids is 1. The van der Waals surface area contributed by atoms with Gasteiger partial charge in [-0.25, -0.2) is 0 Å². The summed E-state index contributed by atoms with van der Waals surface area (Å²) in [6.45, 7) is 4.75. The van der Waals surface area contributed by atoms with Crippen LogP contribution in [-0.2, 0) is 74.8 Å². The summed E-state index contributed by atoms with van der Waals surface area (Å²) >= 11 is 1.44. The Labute approximate surface area is 553 Å². The smallest absolute Gasteiger partial charge is 0.303 e. The number of carbonyl (C=O) groups excluding carboxylic acids is 9. The lowest BCUT2D eigenvalue weighted by Crippen LogP contribution is -2.55. The van der Waals surface area contributed by atoms with Gasteiger partial charge in [-0.05, 0) is 120 Å². The number of methoxy groups -OCH3 is 1. The van der Waals surface area contributed by atoms with Gasteiger partial charge in [-0.2, -0.15) is 11.8 Å². The largest absolute Gasteiger partial charge is 0.497 e. The van der Waals surface area contributed by atoms with E-state index in [0.29, 0.717) is 51.9 Å². The number of hydrogen-bond acceptors (Lipinski definition) is 15. The molecule has 0 spiro atoms. The van der Waals surface area contributed by atoms with Gasteiger partial charge >= 0.3 is 5.97 Å². The van der Waals surface area contributed by atoms with Crippen LogP contribution < -0.4 is 41.2 Å². The van der Waals surface area contributed by atoms with E-state index in [9.17, 15) is 58.2 Å². The third-order valence-electron chi connectivity index (χ3n) is 16.2. The highest BCUT2D eigenvalue weighted by Gasteiger charge is 2.33. The summed E-state index contributed by atoms with van der Waals surface area (Å²) in [6, 6.07) is 22.5. The number of nitrogens with zero attached hydrogens (tertiary/aromatic N) is 4. The van der Waals surface area contributed by atoms with Crippen LogP contribution in [0.4, 0.5) is 0 Å². The van der Waals surface area contributed by atoms with Gasteiger partial charge in [0.05, 0.1) is 58.8 Å². The first kappa shape index (κ1) is 72.7. The fourth-order valence-electron chi connectivity index (χ4n) is 11.6. The highest BCUT2D eigenvalue weighted by molar-refractivity contribution is 7.98. The first-order chi connectivity index (χ1) is 45.0. The first-order valence-corrected chi connectivity index (χ1v) is 33.3. The number of nitrogens with one attached hydrogen (secondary N) is 4. The Morgan fingerprint density at radius 2 is 1.22 bits per heavy atom. The zero-order valence-electron chi connectivity index (χ0n) is 54.4. The second kappa shape index (κ2) is 36.1. The molecule has 3 heterocycles. The average Bonchev–Trinajstić information content (AvgIpc) is 2.36. The molecule has 8 N–H and O–H groups in total. The van der Waals surface area contributed by atoms with E-state index in [2.05, 4.69) is 21.3 Å². The van der Waals surface area contributed by atoms with Crippen LogP contribution in [0, 0.1) is 17.8 Å². The molecule has 0 saturated heterocycles. The number of rotatable bonds is 19. The zero-order chi connectivity index (χ0) is 67.8. The van der Waals surface area contributed by atoms with Crippen molar-refractivity contribution in [2.24, 2.45) is 23.5 Å². The van der Waals surface area contributed by atoms with Gasteiger partial charge in [-0.1, -0.05) is 82.3 Å². The summed E-state index contributed by atoms with van der Waals surface area (Å²) in [6.07, 6.45) is 1.72. The van der Waals surface area contributed by atoms with E-state index in [1.54, 1.807) is 60.7 Å². The highest BCUT2D eigenvalue weighted by Crippen LogP contribution is 2.34. The number of aliphatic hydroxyl groups is 1. The van der Waals surface area contributed by atoms with E-state index >= 15 is 0 Å². The van der Waals surface area contributed by atoms with Gasteiger partial charge in [0.25, 0.3) is 5.91 Å². The number of thioether (sulfide) groups is 1. The van der Waals surface area contributed by atoms with E-state index in [1.807, 2.05) is 58.0 Å². The van der Waals surface area contributed by atoms with Crippen molar-refractivity contribution in [2.75, 3.05) is 72.0 Å². The molecule has 1 fully saturated rings. The van der Waals surface area contributed by atoms with Gasteiger partial charge in [0.2, 0.25) is 54.1 Å². The number of primary amides is 1. The van der Waals surface area contributed by atoms with E-state index in [-0.39, 0.29) is 120 Å². The normalized spacial score (nSPS) is 19.6. The Balaban J connectivity index is 1.26. The number of amides is 9. The lowest BCUT2D eigenvalue weighted by Gasteiger charge is -2.32. The number of aliphatic hydroxyl groups excluding tert-OH is 1. The predicted molar refractivity (Wildman–Crippen MR) is 352 cm³/mol. The summed E-state index contributed by atoms with van der Waals surface area (Å²) in [4.78, 5) is 146. The minimum absolute atomic E-state index is 0.0130. The van der Waals surface area contributed by atoms with Crippen LogP contribution in [0.3, 0.4) is 0 Å². The average molecular weight is 1320 g/mol. The van der Waals surface area contributed by atoms with Gasteiger partial charge in [-0.15, -0.1) is 0 Å². The van der Waals surface area contributed by atoms with Gasteiger partial charge in [0, 0.05) is 80.6 Å². The third-order valence-corrected chi connectivity index (χ3v) is 17.2. The Morgan fingerprint density at radius 1 is 0.649 bits per heavy atom. The lowest BCUT2D eigenvalue weighted by molar-refractivity contribution is -0.138. The molecule has 4 aromatic rings. The number of ether oxygens (including phenoxy) is 3. The van der Waals surface area contributed by atoms with Crippen molar-refractivity contribution >= 4 is 70.9 Å². The Kier molecular flexibility index (Phi) is 27.9. The maximum atomic E-state index is 15.0. The molecule has 8 rings (SSSR count). The van der Waals surface area contributed by atoms with Gasteiger partial charge in [0.1, 0.15) is 5.75 Å². The first-order valence-electron chi connectivity index (χ1n) is 32.1. The van der Waals surface area contributed by atoms with E-state index < -0.39 is 104 Å². The van der Waals surface area contributed by atoms with Crippen molar-refractivity contribution < 1.29 is 72.4 Å². The van der Waals surface area contributed by atoms with Crippen LogP contribution in [-0.4, -0.2) is 185 Å². The lowest BCUT2D eigenvalue weighted by atomic mass is 10.0. The predicted octanol–water partition coefficient (Wildman–Crippen LogP) is 4.39. The van der Waals surface area contributed by atoms with Gasteiger partial charge in [0.15, 0.2) is 11.5 Å². The Hall–Kier alpha value is -8.71. The van der Waals surface area contributed by atoms with E-state index in [1.165, 1.54) is 38.5 Å². The molecule has 4 aliphatic rings. The topological polar surface area (TPSA) is 326 Å². The van der Waals surface area contributed by atoms with E-state index in [0.717, 1.165) is 24.0 Å². The number of carbonyl (C=O) groups is 10. The number of fused-ring (bicyclic) bond motifs is 30. The molecule has 0 aromatic heterocycles. The van der Waals surface area contributed by atoms with E-state index in [4.69, 9.17) is 19.9 Å². The van der Waals surface area contributed by atoms with Crippen LogP contribution in [0.25, 0.3) is 0 Å². The van der Waals surface area contributed by atoms with Gasteiger partial charge < -0.3 is 71.0 Å². The fraction of sp³-hybridized carbons (Fsp3) is 0.507. The number of nitrogens with two attached hydrogens (primary N) is 1. The summed E-state index contributed by atoms with van der Waals surface area (Å²) in [5.41, 5.74) is 9.00. The number of carboxylic acids is 1. The second-order valence-corrected chi connectivity index (χ2v) is 26.5. The monoisotopic (exact) mass is 1320 g/mol. The quantitative estimate of drug-likeness (QED) is 0.0640. The molecule has 3 aliphatic heterocycles. The Morgan fingerprint density at radius 3 is 1.82 bits per heavy atom. The van der Waals surface area contributed by atoms with Crippen molar-refractivity contribution in [3.05, 3.63) is 124 Å². The van der Waals surface area contributed by atoms with Crippen molar-refractivity contribution in [1.82, 2.24) is 40.9 Å². The maximum absolute atomic E-state index is 15.0. The fourth-order valence-corrected chi connectivity index (χ4v) is 12.5. The van der Waals surface area contributed by atoms with Crippen LogP contribution in [0.2, 0.25) is 0 Å². The standard InChI is InChI=1S/C69H91N9O15S/c1-44(2)23-54-34-75(37-60(70)80)64(84)21-22-94-42-48-13-16-52(17-14-48)69(90)74-53(18-20-68(88)89)33-76(66(86)31-49-15-19-58-59(29-49)93-43-92-58)38-61(81)72-55(24-45(3)4)35-77(67(87)32-50-25-51(41-79)28-57(27-50)91-5)40-63(83)73-56(26-46-9-7-6-8-10-46)36-78(39-62(82)71-54)65(85)30-47-11-12-47/h6-10,13-17,19,25,27-29,44-45,47,53-56,79H,11-12,18,20-24,26,30-43H2,1-5H3,(H2,70,80)(H,71,82)(H,72,81)(H,73,83)(H,74,90)(H,88,89)/t53-,54-,55-,56-/m0/s1. The minimum atomic E-state index is -1.16. The SMILES string of the molecule is COc1cc(CO)cc(CC(=O)N2CC(=O)N[C@@H](Cc3ccccc3)CN(C(=O)CC3CC3)CC(=O)N[C@@H](CC(C)C)CN(CC(N)=O)C(=O)CCSCc3ccc(cc3)C(=O)N[C@@H](CCC(=O)O)CN(C(=O)Cc3ccc4c(c3)OCO4)CC(=O)N[C@@H](CC(C)C)C2)c1. The Bertz CT molecular complexity index is 3250. The zero-order valence-corrected chi connectivity index (χ0v) is 55.3. The highest BCUT2D eigenvalue weighted by atomic mass is 32.2. The molecule has 2 bridgehead atoms. The van der Waals surface area contributed by atoms with Crippen molar-refractivity contribution in [3.8, 4) is 17.2 Å². The summed E-state index contributed by atoms with van der Waals surface area (Å²) < 4.78 is 16.6. The number of benzene rings is 4. The van der Waals surface area contributed by atoms with Crippen LogP contribution in [0.5, 0.6) is 17.2 Å². The van der Waals surface area contributed by atoms with Crippen LogP contribution in [0.15, 0.2) is 91.0 Å². The molecule has 508 valence electrons. The molecule has 24 nitrogen and oxygen atoms in total. The molecule has 94 heavy (non-hydrogen) atoms. The molecular formula is C69H91N9O15S. The molecule has 4 atom stereocenters. The molecule has 1 aliphatic carbocycles. The van der Waals surface area contributed by atoms with Crippen molar-refractivity contribution in [1.29, 1.82) is 0 Å².